The van der Waals surface area contributed by atoms with Crippen LogP contribution in [0.4, 0.5) is 16.5 Å². The minimum absolute atomic E-state index is 0.163. The van der Waals surface area contributed by atoms with Gasteiger partial charge in [0.1, 0.15) is 5.75 Å². The Bertz CT molecular complexity index is 1150. The summed E-state index contributed by atoms with van der Waals surface area (Å²) >= 11 is 1.56. The van der Waals surface area contributed by atoms with E-state index in [1.165, 1.54) is 5.56 Å². The van der Waals surface area contributed by atoms with Crippen LogP contribution in [-0.2, 0) is 0 Å². The van der Waals surface area contributed by atoms with E-state index in [-0.39, 0.29) is 5.91 Å². The van der Waals surface area contributed by atoms with E-state index < -0.39 is 0 Å². The topological polar surface area (TPSA) is 63.2 Å². The van der Waals surface area contributed by atoms with Crippen LogP contribution in [0, 0.1) is 6.92 Å². The number of hydrogen-bond acceptors (Lipinski definition) is 5. The molecule has 0 aliphatic carbocycles. The van der Waals surface area contributed by atoms with Gasteiger partial charge in [-0.1, -0.05) is 24.3 Å². The molecule has 0 radical (unpaired) electrons. The Kier molecular flexibility index (Phi) is 5.77. The summed E-state index contributed by atoms with van der Waals surface area (Å²) in [5.41, 5.74) is 5.41. The fourth-order valence-corrected chi connectivity index (χ4v) is 3.72. The summed E-state index contributed by atoms with van der Waals surface area (Å²) in [5.74, 6) is 0.555. The highest BCUT2D eigenvalue weighted by atomic mass is 32.1. The summed E-state index contributed by atoms with van der Waals surface area (Å²) in [5, 5.41) is 9.10. The van der Waals surface area contributed by atoms with Crippen LogP contribution >= 0.6 is 11.3 Å². The molecule has 0 aliphatic heterocycles. The predicted octanol–water partition coefficient (Wildman–Crippen LogP) is 6.12. The fraction of sp³-hybridized carbons (Fsp3) is 0.0833. The SMILES string of the molecule is COc1ccc(C(=O)Nc2ccc(-c3csc(Nc4cccc(C)c4)n3)cc2)cc1. The zero-order chi connectivity index (χ0) is 20.9. The third-order valence-corrected chi connectivity index (χ3v) is 5.32. The molecule has 0 spiro atoms. The van der Waals surface area contributed by atoms with Gasteiger partial charge in [0, 0.05) is 27.9 Å². The second kappa shape index (κ2) is 8.80. The van der Waals surface area contributed by atoms with Gasteiger partial charge in [-0.05, 0) is 61.0 Å². The number of aromatic nitrogens is 1. The molecule has 0 fully saturated rings. The Morgan fingerprint density at radius 3 is 2.43 bits per heavy atom. The zero-order valence-electron chi connectivity index (χ0n) is 16.7. The van der Waals surface area contributed by atoms with Crippen LogP contribution in [0.2, 0.25) is 0 Å². The van der Waals surface area contributed by atoms with Gasteiger partial charge >= 0.3 is 0 Å². The van der Waals surface area contributed by atoms with Gasteiger partial charge in [-0.3, -0.25) is 4.79 Å². The molecule has 4 rings (SSSR count). The molecular weight excluding hydrogens is 394 g/mol. The lowest BCUT2D eigenvalue weighted by molar-refractivity contribution is 0.102. The third-order valence-electron chi connectivity index (χ3n) is 4.56. The van der Waals surface area contributed by atoms with E-state index in [2.05, 4.69) is 34.7 Å². The number of methoxy groups -OCH3 is 1. The van der Waals surface area contributed by atoms with Crippen molar-refractivity contribution in [2.75, 3.05) is 17.7 Å². The number of benzene rings is 3. The van der Waals surface area contributed by atoms with E-state index in [1.54, 1.807) is 42.7 Å². The number of anilines is 3. The van der Waals surface area contributed by atoms with Crippen LogP contribution < -0.4 is 15.4 Å². The van der Waals surface area contributed by atoms with Gasteiger partial charge in [0.05, 0.1) is 12.8 Å². The zero-order valence-corrected chi connectivity index (χ0v) is 17.5. The Morgan fingerprint density at radius 2 is 1.73 bits per heavy atom. The van der Waals surface area contributed by atoms with E-state index in [4.69, 9.17) is 4.74 Å². The van der Waals surface area contributed by atoms with Crippen molar-refractivity contribution in [1.82, 2.24) is 4.98 Å². The normalized spacial score (nSPS) is 10.5. The Morgan fingerprint density at radius 1 is 0.967 bits per heavy atom. The number of hydrogen-bond donors (Lipinski definition) is 2. The van der Waals surface area contributed by atoms with Crippen LogP contribution in [0.15, 0.2) is 78.2 Å². The summed E-state index contributed by atoms with van der Waals surface area (Å²) in [6.07, 6.45) is 0. The van der Waals surface area contributed by atoms with E-state index in [0.717, 1.165) is 33.5 Å². The van der Waals surface area contributed by atoms with Crippen molar-refractivity contribution >= 4 is 33.8 Å². The van der Waals surface area contributed by atoms with Gasteiger partial charge in [0.2, 0.25) is 0 Å². The minimum Gasteiger partial charge on any atom is -0.497 e. The molecule has 0 saturated carbocycles. The quantitative estimate of drug-likeness (QED) is 0.398. The molecule has 0 bridgehead atoms. The monoisotopic (exact) mass is 415 g/mol. The molecule has 30 heavy (non-hydrogen) atoms. The standard InChI is InChI=1S/C24H21N3O2S/c1-16-4-3-5-20(14-16)26-24-27-22(15-30-24)17-6-10-19(11-7-17)25-23(28)18-8-12-21(29-2)13-9-18/h3-15H,1-2H3,(H,25,28)(H,26,27). The fourth-order valence-electron chi connectivity index (χ4n) is 2.98. The first-order valence-electron chi connectivity index (χ1n) is 9.46. The van der Waals surface area contributed by atoms with E-state index in [0.29, 0.717) is 5.56 Å². The number of rotatable bonds is 6. The van der Waals surface area contributed by atoms with Crippen molar-refractivity contribution < 1.29 is 9.53 Å². The first-order valence-corrected chi connectivity index (χ1v) is 10.3. The second-order valence-electron chi connectivity index (χ2n) is 6.79. The first-order chi connectivity index (χ1) is 14.6. The molecule has 1 amide bonds. The molecule has 6 heteroatoms. The van der Waals surface area contributed by atoms with Crippen molar-refractivity contribution in [2.24, 2.45) is 0 Å². The van der Waals surface area contributed by atoms with E-state index in [9.17, 15) is 4.79 Å². The van der Waals surface area contributed by atoms with Gasteiger partial charge in [-0.2, -0.15) is 0 Å². The molecule has 0 unspecified atom stereocenters. The van der Waals surface area contributed by atoms with Gasteiger partial charge in [0.15, 0.2) is 5.13 Å². The molecular formula is C24H21N3O2S. The Labute approximate surface area is 179 Å². The number of nitrogens with zero attached hydrogens (tertiary/aromatic N) is 1. The number of carbonyl (C=O) groups excluding carboxylic acids is 1. The van der Waals surface area contributed by atoms with Crippen LogP contribution in [0.3, 0.4) is 0 Å². The molecule has 3 aromatic carbocycles. The summed E-state index contributed by atoms with van der Waals surface area (Å²) in [4.78, 5) is 17.1. The molecule has 2 N–H and O–H groups in total. The van der Waals surface area contributed by atoms with Crippen molar-refractivity contribution in [3.05, 3.63) is 89.3 Å². The lowest BCUT2D eigenvalue weighted by Gasteiger charge is -2.07. The van der Waals surface area contributed by atoms with Crippen molar-refractivity contribution in [3.8, 4) is 17.0 Å². The highest BCUT2D eigenvalue weighted by Crippen LogP contribution is 2.28. The molecule has 0 aliphatic rings. The lowest BCUT2D eigenvalue weighted by Crippen LogP contribution is -2.11. The average molecular weight is 416 g/mol. The summed E-state index contributed by atoms with van der Waals surface area (Å²) in [7, 11) is 1.60. The third kappa shape index (κ3) is 4.67. The van der Waals surface area contributed by atoms with Crippen LogP contribution in [0.5, 0.6) is 5.75 Å². The second-order valence-corrected chi connectivity index (χ2v) is 7.65. The highest BCUT2D eigenvalue weighted by Gasteiger charge is 2.08. The van der Waals surface area contributed by atoms with Crippen molar-refractivity contribution in [1.29, 1.82) is 0 Å². The van der Waals surface area contributed by atoms with Crippen LogP contribution in [0.1, 0.15) is 15.9 Å². The van der Waals surface area contributed by atoms with E-state index in [1.807, 2.05) is 41.8 Å². The number of thiazole rings is 1. The molecule has 4 aromatic rings. The van der Waals surface area contributed by atoms with Gasteiger partial charge < -0.3 is 15.4 Å². The molecule has 1 aromatic heterocycles. The lowest BCUT2D eigenvalue weighted by atomic mass is 10.1. The minimum atomic E-state index is -0.163. The molecule has 150 valence electrons. The smallest absolute Gasteiger partial charge is 0.255 e. The predicted molar refractivity (Wildman–Crippen MR) is 123 cm³/mol. The maximum atomic E-state index is 12.4. The number of ether oxygens (including phenoxy) is 1. The summed E-state index contributed by atoms with van der Waals surface area (Å²) in [6.45, 7) is 2.06. The Hall–Kier alpha value is -3.64. The first kappa shape index (κ1) is 19.7. The number of carbonyl (C=O) groups is 1. The van der Waals surface area contributed by atoms with Crippen molar-refractivity contribution in [2.45, 2.75) is 6.92 Å². The average Bonchev–Trinajstić information content (AvgIpc) is 3.23. The summed E-state index contributed by atoms with van der Waals surface area (Å²) in [6, 6.07) is 22.9. The number of amides is 1. The van der Waals surface area contributed by atoms with Gasteiger partial charge in [-0.15, -0.1) is 11.3 Å². The number of nitrogens with one attached hydrogen (secondary N) is 2. The van der Waals surface area contributed by atoms with Gasteiger partial charge in [-0.25, -0.2) is 4.98 Å². The molecule has 0 atom stereocenters. The summed E-state index contributed by atoms with van der Waals surface area (Å²) < 4.78 is 5.12. The largest absolute Gasteiger partial charge is 0.497 e. The van der Waals surface area contributed by atoms with Crippen molar-refractivity contribution in [3.63, 3.8) is 0 Å². The molecule has 5 nitrogen and oxygen atoms in total. The van der Waals surface area contributed by atoms with Crippen LogP contribution in [0.25, 0.3) is 11.3 Å². The van der Waals surface area contributed by atoms with E-state index >= 15 is 0 Å². The van der Waals surface area contributed by atoms with Gasteiger partial charge in [0.25, 0.3) is 5.91 Å². The van der Waals surface area contributed by atoms with Crippen LogP contribution in [-0.4, -0.2) is 18.0 Å². The Balaban J connectivity index is 1.42. The molecule has 1 heterocycles. The highest BCUT2D eigenvalue weighted by molar-refractivity contribution is 7.14. The maximum Gasteiger partial charge on any atom is 0.255 e. The maximum absolute atomic E-state index is 12.4. The molecule has 0 saturated heterocycles. The number of aryl methyl sites for hydroxylation is 1.